The molecular formula is C25H21F5N8O2. The number of benzene rings is 2. The van der Waals surface area contributed by atoms with Gasteiger partial charge < -0.3 is 21.7 Å². The highest BCUT2D eigenvalue weighted by Crippen LogP contribution is 2.34. The van der Waals surface area contributed by atoms with E-state index < -0.39 is 35.1 Å². The summed E-state index contributed by atoms with van der Waals surface area (Å²) in [6.07, 6.45) is -3.47. The molecule has 208 valence electrons. The molecular weight excluding hydrogens is 539 g/mol. The largest absolute Gasteiger partial charge is 0.416 e. The van der Waals surface area contributed by atoms with Crippen molar-refractivity contribution in [1.29, 1.82) is 0 Å². The third kappa shape index (κ3) is 5.49. The minimum Gasteiger partial charge on any atom is -0.382 e. The van der Waals surface area contributed by atoms with Crippen LogP contribution in [0.25, 0.3) is 16.6 Å². The van der Waals surface area contributed by atoms with Gasteiger partial charge in [0.1, 0.15) is 23.5 Å². The van der Waals surface area contributed by atoms with Crippen LogP contribution in [0.15, 0.2) is 48.8 Å². The Morgan fingerprint density at radius 1 is 1.05 bits per heavy atom. The van der Waals surface area contributed by atoms with Crippen LogP contribution >= 0.6 is 0 Å². The molecule has 1 aliphatic heterocycles. The maximum atomic E-state index is 15.1. The molecule has 5 rings (SSSR count). The molecule has 2 aromatic carbocycles. The number of urea groups is 1. The molecule has 0 spiro atoms. The Bertz CT molecular complexity index is 1620. The van der Waals surface area contributed by atoms with Gasteiger partial charge in [0.15, 0.2) is 5.82 Å². The molecule has 1 aliphatic rings. The van der Waals surface area contributed by atoms with Crippen LogP contribution in [-0.4, -0.2) is 51.1 Å². The van der Waals surface area contributed by atoms with Gasteiger partial charge in [-0.25, -0.2) is 23.1 Å². The summed E-state index contributed by atoms with van der Waals surface area (Å²) in [6.45, 7) is 1.68. The number of nitrogens with two attached hydrogens (primary N) is 1. The van der Waals surface area contributed by atoms with Crippen molar-refractivity contribution in [2.24, 2.45) is 0 Å². The number of fused-ring (bicyclic) bond motifs is 1. The molecule has 5 N–H and O–H groups in total. The highest BCUT2D eigenvalue weighted by molar-refractivity contribution is 6.00. The third-order valence-corrected chi connectivity index (χ3v) is 6.23. The molecule has 0 aliphatic carbocycles. The number of nitrogens with zero attached hydrogens (tertiary/aromatic N) is 4. The standard InChI is InChI=1S/C25H21F5N8O2/c26-17-3-2-14(25(28,29)30)8-20(17)36-24(40)35-19-4-1-13(7-18(19)27)16-9-15(10-37-6-5-32-21(39)11-37)38-22(16)23(31)33-12-34-38/h1-4,7-9,12H,5-6,10-11H2,(H,32,39)(H2,31,33,34)(H2,35,36,40). The second kappa shape index (κ2) is 10.4. The smallest absolute Gasteiger partial charge is 0.382 e. The van der Waals surface area contributed by atoms with Gasteiger partial charge in [-0.05, 0) is 42.0 Å². The minimum absolute atomic E-state index is 0.105. The van der Waals surface area contributed by atoms with Gasteiger partial charge in [-0.3, -0.25) is 9.69 Å². The van der Waals surface area contributed by atoms with Gasteiger partial charge in [0.2, 0.25) is 5.91 Å². The number of aromatic nitrogens is 3. The van der Waals surface area contributed by atoms with E-state index in [9.17, 15) is 27.2 Å². The molecule has 3 amide bonds. The van der Waals surface area contributed by atoms with Crippen LogP contribution in [0.1, 0.15) is 11.3 Å². The fraction of sp³-hybridized carbons (Fsp3) is 0.200. The van der Waals surface area contributed by atoms with Gasteiger partial charge in [0.25, 0.3) is 0 Å². The zero-order valence-electron chi connectivity index (χ0n) is 20.5. The lowest BCUT2D eigenvalue weighted by Crippen LogP contribution is -2.47. The summed E-state index contributed by atoms with van der Waals surface area (Å²) < 4.78 is 69.4. The van der Waals surface area contributed by atoms with Crippen LogP contribution in [0.3, 0.4) is 0 Å². The monoisotopic (exact) mass is 560 g/mol. The number of amides is 3. The van der Waals surface area contributed by atoms with Gasteiger partial charge in [-0.2, -0.15) is 18.3 Å². The van der Waals surface area contributed by atoms with Crippen LogP contribution in [-0.2, 0) is 17.5 Å². The van der Waals surface area contributed by atoms with Crippen molar-refractivity contribution in [2.45, 2.75) is 12.7 Å². The van der Waals surface area contributed by atoms with E-state index in [4.69, 9.17) is 5.73 Å². The van der Waals surface area contributed by atoms with Crippen LogP contribution in [0.2, 0.25) is 0 Å². The fourth-order valence-corrected chi connectivity index (χ4v) is 4.38. The maximum absolute atomic E-state index is 15.1. The Hall–Kier alpha value is -4.79. The first kappa shape index (κ1) is 26.8. The zero-order chi connectivity index (χ0) is 28.6. The van der Waals surface area contributed by atoms with Crippen LogP contribution in [0.5, 0.6) is 0 Å². The quantitative estimate of drug-likeness (QED) is 0.275. The van der Waals surface area contributed by atoms with E-state index in [-0.39, 0.29) is 24.0 Å². The predicted octanol–water partition coefficient (Wildman–Crippen LogP) is 3.85. The van der Waals surface area contributed by atoms with Crippen molar-refractivity contribution in [3.05, 3.63) is 71.7 Å². The lowest BCUT2D eigenvalue weighted by molar-refractivity contribution is -0.137. The van der Waals surface area contributed by atoms with Gasteiger partial charge in [-0.15, -0.1) is 0 Å². The number of carbonyl (C=O) groups is 2. The molecule has 0 atom stereocenters. The SMILES string of the molecule is Nc1ncnn2c(CN3CCNC(=O)C3)cc(-c3ccc(NC(=O)Nc4cc(C(F)(F)F)ccc4F)c(F)c3)c12. The highest BCUT2D eigenvalue weighted by Gasteiger charge is 2.31. The molecule has 0 saturated carbocycles. The summed E-state index contributed by atoms with van der Waals surface area (Å²) in [4.78, 5) is 30.1. The maximum Gasteiger partial charge on any atom is 0.416 e. The van der Waals surface area contributed by atoms with E-state index in [1.165, 1.54) is 18.5 Å². The van der Waals surface area contributed by atoms with E-state index >= 15 is 4.39 Å². The Morgan fingerprint density at radius 3 is 2.55 bits per heavy atom. The molecule has 0 radical (unpaired) electrons. The number of alkyl halides is 3. The average Bonchev–Trinajstić information content (AvgIpc) is 3.25. The molecule has 40 heavy (non-hydrogen) atoms. The number of hydrogen-bond acceptors (Lipinski definition) is 6. The first-order valence-corrected chi connectivity index (χ1v) is 11.8. The molecule has 4 aromatic rings. The predicted molar refractivity (Wildman–Crippen MR) is 135 cm³/mol. The molecule has 0 bridgehead atoms. The Kier molecular flexibility index (Phi) is 6.97. The number of rotatable bonds is 5. The van der Waals surface area contributed by atoms with Crippen molar-refractivity contribution in [3.8, 4) is 11.1 Å². The lowest BCUT2D eigenvalue weighted by atomic mass is 10.1. The molecule has 15 heteroatoms. The van der Waals surface area contributed by atoms with E-state index in [0.717, 1.165) is 6.07 Å². The normalized spacial score (nSPS) is 14.3. The molecule has 0 unspecified atom stereocenters. The minimum atomic E-state index is -4.75. The first-order chi connectivity index (χ1) is 19.0. The number of carbonyl (C=O) groups excluding carboxylic acids is 2. The lowest BCUT2D eigenvalue weighted by Gasteiger charge is -2.25. The summed E-state index contributed by atoms with van der Waals surface area (Å²) in [5, 5.41) is 11.1. The molecule has 1 fully saturated rings. The van der Waals surface area contributed by atoms with Crippen molar-refractivity contribution in [2.75, 3.05) is 36.0 Å². The molecule has 10 nitrogen and oxygen atoms in total. The van der Waals surface area contributed by atoms with Gasteiger partial charge in [0, 0.05) is 25.2 Å². The van der Waals surface area contributed by atoms with Crippen molar-refractivity contribution in [1.82, 2.24) is 24.8 Å². The number of halogens is 5. The van der Waals surface area contributed by atoms with Crippen molar-refractivity contribution >= 4 is 34.6 Å². The van der Waals surface area contributed by atoms with Crippen LogP contribution < -0.4 is 21.7 Å². The van der Waals surface area contributed by atoms with Gasteiger partial charge in [-0.1, -0.05) is 6.07 Å². The molecule has 2 aromatic heterocycles. The Labute approximate surface area is 223 Å². The van der Waals surface area contributed by atoms with Crippen LogP contribution in [0.4, 0.5) is 43.9 Å². The van der Waals surface area contributed by atoms with E-state index in [1.54, 1.807) is 10.6 Å². The van der Waals surface area contributed by atoms with Crippen LogP contribution in [0, 0.1) is 11.6 Å². The summed E-state index contributed by atoms with van der Waals surface area (Å²) in [6, 6.07) is 6.00. The number of anilines is 3. The Morgan fingerprint density at radius 2 is 1.82 bits per heavy atom. The van der Waals surface area contributed by atoms with E-state index in [2.05, 4.69) is 20.7 Å². The highest BCUT2D eigenvalue weighted by atomic mass is 19.4. The van der Waals surface area contributed by atoms with Gasteiger partial charge >= 0.3 is 12.2 Å². The second-order valence-electron chi connectivity index (χ2n) is 8.98. The number of piperazine rings is 1. The second-order valence-corrected chi connectivity index (χ2v) is 8.98. The molecule has 3 heterocycles. The summed E-state index contributed by atoms with van der Waals surface area (Å²) in [5.74, 6) is -1.94. The zero-order valence-corrected chi connectivity index (χ0v) is 20.5. The number of nitrogens with one attached hydrogen (secondary N) is 3. The van der Waals surface area contributed by atoms with E-state index in [1.807, 2.05) is 10.2 Å². The topological polar surface area (TPSA) is 130 Å². The molecule has 1 saturated heterocycles. The van der Waals surface area contributed by atoms with Gasteiger partial charge in [0.05, 0.1) is 29.2 Å². The third-order valence-electron chi connectivity index (χ3n) is 6.23. The first-order valence-electron chi connectivity index (χ1n) is 11.8. The Balaban J connectivity index is 1.39. The van der Waals surface area contributed by atoms with Crippen molar-refractivity contribution in [3.63, 3.8) is 0 Å². The van der Waals surface area contributed by atoms with Crippen molar-refractivity contribution < 1.29 is 31.5 Å². The van der Waals surface area contributed by atoms with E-state index in [0.29, 0.717) is 60.2 Å². The number of nitrogen functional groups attached to an aromatic ring is 1. The average molecular weight is 560 g/mol. The summed E-state index contributed by atoms with van der Waals surface area (Å²) >= 11 is 0. The summed E-state index contributed by atoms with van der Waals surface area (Å²) in [5.41, 5.74) is 5.88. The number of hydrogen-bond donors (Lipinski definition) is 4. The summed E-state index contributed by atoms with van der Waals surface area (Å²) in [7, 11) is 0. The fourth-order valence-electron chi connectivity index (χ4n) is 4.38.